The highest BCUT2D eigenvalue weighted by Crippen LogP contribution is 2.25. The van der Waals surface area contributed by atoms with Crippen molar-refractivity contribution in [2.75, 3.05) is 5.32 Å². The topological polar surface area (TPSA) is 69.0 Å². The molecule has 6 nitrogen and oxygen atoms in total. The molecule has 0 spiro atoms. The van der Waals surface area contributed by atoms with Gasteiger partial charge in [0.2, 0.25) is 0 Å². The van der Waals surface area contributed by atoms with E-state index in [1.807, 2.05) is 59.3 Å². The Hall–Kier alpha value is -3.19. The lowest BCUT2D eigenvalue weighted by molar-refractivity contribution is -0.122. The van der Waals surface area contributed by atoms with Crippen LogP contribution in [0.3, 0.4) is 0 Å². The number of para-hydroxylation sites is 1. The fourth-order valence-corrected chi connectivity index (χ4v) is 3.37. The van der Waals surface area contributed by atoms with Gasteiger partial charge < -0.3 is 9.30 Å². The minimum absolute atomic E-state index is 0.234. The summed E-state index contributed by atoms with van der Waals surface area (Å²) in [5, 5.41) is 3.39. The number of hydrogen-bond donors (Lipinski definition) is 1. The SMILES string of the molecule is CC(Oc1ccc(-n2ccnc2)cc1)C(=O)Nc1nc2ccccc2s1. The molecule has 2 heterocycles. The maximum Gasteiger partial charge on any atom is 0.266 e. The summed E-state index contributed by atoms with van der Waals surface area (Å²) in [6.07, 6.45) is 4.67. The second-order valence-electron chi connectivity index (χ2n) is 5.70. The van der Waals surface area contributed by atoms with Gasteiger partial charge in [0, 0.05) is 18.1 Å². The highest BCUT2D eigenvalue weighted by atomic mass is 32.1. The summed E-state index contributed by atoms with van der Waals surface area (Å²) in [6, 6.07) is 15.3. The van der Waals surface area contributed by atoms with Gasteiger partial charge in [-0.05, 0) is 43.3 Å². The van der Waals surface area contributed by atoms with Gasteiger partial charge in [-0.25, -0.2) is 9.97 Å². The maximum atomic E-state index is 12.4. The van der Waals surface area contributed by atoms with Crippen LogP contribution in [-0.2, 0) is 4.79 Å². The summed E-state index contributed by atoms with van der Waals surface area (Å²) in [7, 11) is 0. The molecular formula is C19H16N4O2S. The predicted molar refractivity (Wildman–Crippen MR) is 102 cm³/mol. The van der Waals surface area contributed by atoms with Crippen LogP contribution >= 0.6 is 11.3 Å². The first-order chi connectivity index (χ1) is 12.7. The van der Waals surface area contributed by atoms with Crippen molar-refractivity contribution in [1.82, 2.24) is 14.5 Å². The number of nitrogens with zero attached hydrogens (tertiary/aromatic N) is 3. The highest BCUT2D eigenvalue weighted by molar-refractivity contribution is 7.22. The van der Waals surface area contributed by atoms with Crippen molar-refractivity contribution in [2.24, 2.45) is 0 Å². The van der Waals surface area contributed by atoms with Crippen LogP contribution in [0.25, 0.3) is 15.9 Å². The van der Waals surface area contributed by atoms with Gasteiger partial charge in [0.15, 0.2) is 11.2 Å². The number of rotatable bonds is 5. The van der Waals surface area contributed by atoms with E-state index < -0.39 is 6.10 Å². The van der Waals surface area contributed by atoms with Crippen molar-refractivity contribution < 1.29 is 9.53 Å². The van der Waals surface area contributed by atoms with Crippen LogP contribution < -0.4 is 10.1 Å². The van der Waals surface area contributed by atoms with Gasteiger partial charge in [0.1, 0.15) is 5.75 Å². The fourth-order valence-electron chi connectivity index (χ4n) is 2.50. The first-order valence-corrected chi connectivity index (χ1v) is 8.92. The molecule has 4 aromatic rings. The number of anilines is 1. The molecule has 130 valence electrons. The summed E-state index contributed by atoms with van der Waals surface area (Å²) in [6.45, 7) is 1.71. The first kappa shape index (κ1) is 16.3. The van der Waals surface area contributed by atoms with Crippen molar-refractivity contribution in [3.63, 3.8) is 0 Å². The van der Waals surface area contributed by atoms with Crippen molar-refractivity contribution in [2.45, 2.75) is 13.0 Å². The number of benzene rings is 2. The van der Waals surface area contributed by atoms with Gasteiger partial charge in [0.05, 0.1) is 16.5 Å². The molecule has 0 aliphatic rings. The molecule has 1 N–H and O–H groups in total. The van der Waals surface area contributed by atoms with Crippen LogP contribution in [0.5, 0.6) is 5.75 Å². The predicted octanol–water partition coefficient (Wildman–Crippen LogP) is 3.89. The molecule has 2 aromatic heterocycles. The van der Waals surface area contributed by atoms with Gasteiger partial charge in [0.25, 0.3) is 5.91 Å². The number of aromatic nitrogens is 3. The molecule has 1 atom stereocenters. The molecule has 0 radical (unpaired) electrons. The summed E-state index contributed by atoms with van der Waals surface area (Å²) >= 11 is 1.44. The summed E-state index contributed by atoms with van der Waals surface area (Å²) in [4.78, 5) is 20.8. The van der Waals surface area contributed by atoms with E-state index in [2.05, 4.69) is 15.3 Å². The van der Waals surface area contributed by atoms with Crippen molar-refractivity contribution in [1.29, 1.82) is 0 Å². The Kier molecular flexibility index (Phi) is 4.37. The van der Waals surface area contributed by atoms with E-state index in [4.69, 9.17) is 4.74 Å². The number of carbonyl (C=O) groups excluding carboxylic acids is 1. The molecule has 2 aromatic carbocycles. The van der Waals surface area contributed by atoms with Gasteiger partial charge >= 0.3 is 0 Å². The monoisotopic (exact) mass is 364 g/mol. The van der Waals surface area contributed by atoms with Gasteiger partial charge in [-0.3, -0.25) is 10.1 Å². The zero-order valence-electron chi connectivity index (χ0n) is 14.0. The minimum atomic E-state index is -0.638. The van der Waals surface area contributed by atoms with Crippen LogP contribution in [0.4, 0.5) is 5.13 Å². The molecule has 0 saturated carbocycles. The standard InChI is InChI=1S/C19H16N4O2S/c1-13(18(24)22-19-21-16-4-2-3-5-17(16)26-19)25-15-8-6-14(7-9-15)23-11-10-20-12-23/h2-13H,1H3,(H,21,22,24). The van der Waals surface area contributed by atoms with E-state index in [-0.39, 0.29) is 5.91 Å². The third-order valence-corrected chi connectivity index (χ3v) is 4.80. The fraction of sp³-hybridized carbons (Fsp3) is 0.105. The normalized spacial score (nSPS) is 12.0. The number of ether oxygens (including phenoxy) is 1. The molecule has 0 fully saturated rings. The van der Waals surface area contributed by atoms with Crippen LogP contribution in [0.15, 0.2) is 67.3 Å². The van der Waals surface area contributed by atoms with E-state index in [9.17, 15) is 4.79 Å². The average molecular weight is 364 g/mol. The largest absolute Gasteiger partial charge is 0.481 e. The lowest BCUT2D eigenvalue weighted by atomic mass is 10.3. The quantitative estimate of drug-likeness (QED) is 0.583. The number of amides is 1. The maximum absolute atomic E-state index is 12.4. The summed E-state index contributed by atoms with van der Waals surface area (Å²) < 4.78 is 8.66. The average Bonchev–Trinajstić information content (AvgIpc) is 3.31. The lowest BCUT2D eigenvalue weighted by Crippen LogP contribution is -2.30. The lowest BCUT2D eigenvalue weighted by Gasteiger charge is -2.14. The van der Waals surface area contributed by atoms with E-state index in [0.717, 1.165) is 15.9 Å². The first-order valence-electron chi connectivity index (χ1n) is 8.10. The zero-order valence-corrected chi connectivity index (χ0v) is 14.8. The van der Waals surface area contributed by atoms with Gasteiger partial charge in [-0.1, -0.05) is 23.5 Å². The van der Waals surface area contributed by atoms with Crippen LogP contribution in [0, 0.1) is 0 Å². The Morgan fingerprint density at radius 1 is 1.19 bits per heavy atom. The molecular weight excluding hydrogens is 348 g/mol. The molecule has 1 unspecified atom stereocenters. The van der Waals surface area contributed by atoms with Gasteiger partial charge in [-0.15, -0.1) is 0 Å². The summed E-state index contributed by atoms with van der Waals surface area (Å²) in [5.41, 5.74) is 1.85. The van der Waals surface area contributed by atoms with E-state index >= 15 is 0 Å². The second-order valence-corrected chi connectivity index (χ2v) is 6.73. The molecule has 7 heteroatoms. The third kappa shape index (κ3) is 3.43. The molecule has 4 rings (SSSR count). The molecule has 0 saturated heterocycles. The molecule has 1 amide bonds. The van der Waals surface area contributed by atoms with E-state index in [0.29, 0.717) is 10.9 Å². The smallest absolute Gasteiger partial charge is 0.266 e. The number of fused-ring (bicyclic) bond motifs is 1. The van der Waals surface area contributed by atoms with Crippen LogP contribution in [0.1, 0.15) is 6.92 Å². The van der Waals surface area contributed by atoms with Crippen LogP contribution in [0.2, 0.25) is 0 Å². The van der Waals surface area contributed by atoms with Crippen molar-refractivity contribution in [3.05, 3.63) is 67.3 Å². The third-order valence-electron chi connectivity index (χ3n) is 3.85. The number of thiazole rings is 1. The van der Waals surface area contributed by atoms with Crippen molar-refractivity contribution in [3.8, 4) is 11.4 Å². The molecule has 0 aliphatic heterocycles. The van der Waals surface area contributed by atoms with Gasteiger partial charge in [-0.2, -0.15) is 0 Å². The van der Waals surface area contributed by atoms with E-state index in [1.54, 1.807) is 19.4 Å². The van der Waals surface area contributed by atoms with Crippen LogP contribution in [-0.4, -0.2) is 26.5 Å². The number of hydrogen-bond acceptors (Lipinski definition) is 5. The second kappa shape index (κ2) is 6.97. The van der Waals surface area contributed by atoms with Crippen molar-refractivity contribution >= 4 is 32.6 Å². The zero-order chi connectivity index (χ0) is 17.9. The molecule has 0 bridgehead atoms. The molecule has 26 heavy (non-hydrogen) atoms. The Morgan fingerprint density at radius 2 is 2.00 bits per heavy atom. The Labute approximate surface area is 154 Å². The Balaban J connectivity index is 1.40. The van der Waals surface area contributed by atoms with E-state index in [1.165, 1.54) is 11.3 Å². The molecule has 0 aliphatic carbocycles. The minimum Gasteiger partial charge on any atom is -0.481 e. The highest BCUT2D eigenvalue weighted by Gasteiger charge is 2.16. The Morgan fingerprint density at radius 3 is 2.73 bits per heavy atom. The Bertz CT molecular complexity index is 992. The number of imidazole rings is 1. The number of nitrogens with one attached hydrogen (secondary N) is 1. The summed E-state index contributed by atoms with van der Waals surface area (Å²) in [5.74, 6) is 0.392. The number of carbonyl (C=O) groups is 1.